The average molecular weight is 400 g/mol. The number of pyridine rings is 1. The molecular formula is C23H20N4O3. The van der Waals surface area contributed by atoms with Gasteiger partial charge in [0.15, 0.2) is 5.69 Å². The molecule has 2 amide bonds. The van der Waals surface area contributed by atoms with Gasteiger partial charge in [0.25, 0.3) is 11.8 Å². The zero-order valence-corrected chi connectivity index (χ0v) is 16.5. The van der Waals surface area contributed by atoms with Crippen molar-refractivity contribution < 1.29 is 14.1 Å². The van der Waals surface area contributed by atoms with E-state index in [9.17, 15) is 9.59 Å². The lowest BCUT2D eigenvalue weighted by atomic mass is 10.0. The number of benzene rings is 1. The Balaban J connectivity index is 1.24. The Morgan fingerprint density at radius 1 is 1.23 bits per heavy atom. The van der Waals surface area contributed by atoms with E-state index in [-0.39, 0.29) is 28.3 Å². The molecule has 1 aliphatic heterocycles. The van der Waals surface area contributed by atoms with E-state index >= 15 is 0 Å². The van der Waals surface area contributed by atoms with Gasteiger partial charge in [-0.3, -0.25) is 14.5 Å². The zero-order chi connectivity index (χ0) is 20.5. The highest BCUT2D eigenvalue weighted by atomic mass is 16.5. The van der Waals surface area contributed by atoms with Crippen molar-refractivity contribution in [1.29, 1.82) is 0 Å². The maximum atomic E-state index is 13.2. The van der Waals surface area contributed by atoms with Gasteiger partial charge in [-0.25, -0.2) is 4.98 Å². The highest BCUT2D eigenvalue weighted by molar-refractivity contribution is 6.04. The fourth-order valence-corrected chi connectivity index (χ4v) is 5.15. The molecule has 2 aromatic heterocycles. The largest absolute Gasteiger partial charge is 0.360 e. The third-order valence-corrected chi connectivity index (χ3v) is 6.98. The normalized spacial score (nSPS) is 28.1. The Hall–Kier alpha value is -3.48. The molecule has 1 aromatic carbocycles. The number of anilines is 1. The fraction of sp³-hybridized carbons (Fsp3) is 0.304. The third kappa shape index (κ3) is 2.26. The number of aromatic nitrogens is 2. The second-order valence-corrected chi connectivity index (χ2v) is 8.61. The van der Waals surface area contributed by atoms with Crippen LogP contribution in [0.25, 0.3) is 0 Å². The number of nitrogens with zero attached hydrogens (tertiary/aromatic N) is 3. The number of fused-ring (bicyclic) bond motifs is 1. The first-order chi connectivity index (χ1) is 14.5. The lowest BCUT2D eigenvalue weighted by Crippen LogP contribution is -2.50. The van der Waals surface area contributed by atoms with Crippen LogP contribution in [-0.4, -0.2) is 35.0 Å². The molecule has 7 heteroatoms. The van der Waals surface area contributed by atoms with Crippen molar-refractivity contribution in [2.24, 2.45) is 5.41 Å². The van der Waals surface area contributed by atoms with Gasteiger partial charge in [0.1, 0.15) is 17.6 Å². The molecule has 2 aliphatic carbocycles. The predicted octanol–water partition coefficient (Wildman–Crippen LogP) is 2.47. The van der Waals surface area contributed by atoms with E-state index in [1.54, 1.807) is 24.2 Å². The molecule has 150 valence electrons. The first-order valence-electron chi connectivity index (χ1n) is 10.1. The van der Waals surface area contributed by atoms with Gasteiger partial charge in [-0.05, 0) is 24.5 Å². The Morgan fingerprint density at radius 3 is 2.83 bits per heavy atom. The fourth-order valence-electron chi connectivity index (χ4n) is 5.15. The molecule has 30 heavy (non-hydrogen) atoms. The van der Waals surface area contributed by atoms with Crippen LogP contribution in [-0.2, 0) is 16.6 Å². The summed E-state index contributed by atoms with van der Waals surface area (Å²) in [4.78, 5) is 32.1. The third-order valence-electron chi connectivity index (χ3n) is 6.98. The molecule has 1 atom stereocenters. The second kappa shape index (κ2) is 5.78. The van der Waals surface area contributed by atoms with Crippen molar-refractivity contribution in [3.05, 3.63) is 77.3 Å². The number of carbonyl (C=O) groups excluding carboxylic acids is 2. The van der Waals surface area contributed by atoms with Crippen LogP contribution in [0.1, 0.15) is 40.2 Å². The highest BCUT2D eigenvalue weighted by Gasteiger charge is 2.88. The maximum Gasteiger partial charge on any atom is 0.274 e. The van der Waals surface area contributed by atoms with Crippen molar-refractivity contribution in [2.75, 3.05) is 11.9 Å². The Bertz CT molecular complexity index is 1180. The van der Waals surface area contributed by atoms with E-state index in [0.717, 1.165) is 24.0 Å². The van der Waals surface area contributed by atoms with Crippen LogP contribution in [0.4, 0.5) is 5.82 Å². The second-order valence-electron chi connectivity index (χ2n) is 8.61. The molecule has 0 saturated heterocycles. The molecule has 6 rings (SSSR count). The van der Waals surface area contributed by atoms with Gasteiger partial charge < -0.3 is 9.84 Å². The number of rotatable bonds is 4. The summed E-state index contributed by atoms with van der Waals surface area (Å²) in [6, 6.07) is 14.9. The number of likely N-dealkylation sites (N-methyl/N-ethyl adjacent to an activating group) is 1. The minimum atomic E-state index is -0.585. The minimum absolute atomic E-state index is 0.0305. The van der Waals surface area contributed by atoms with Crippen LogP contribution in [0, 0.1) is 5.41 Å². The molecule has 2 saturated carbocycles. The molecule has 2 fully saturated rings. The van der Waals surface area contributed by atoms with Gasteiger partial charge in [0, 0.05) is 42.1 Å². The van der Waals surface area contributed by atoms with Crippen molar-refractivity contribution in [3.63, 3.8) is 0 Å². The molecule has 0 radical (unpaired) electrons. The first-order valence-corrected chi connectivity index (χ1v) is 10.1. The van der Waals surface area contributed by atoms with Gasteiger partial charge >= 0.3 is 0 Å². The molecule has 0 unspecified atom stereocenters. The van der Waals surface area contributed by atoms with Gasteiger partial charge in [0.05, 0.1) is 0 Å². The number of carbonyl (C=O) groups is 2. The van der Waals surface area contributed by atoms with E-state index in [0.29, 0.717) is 18.0 Å². The highest BCUT2D eigenvalue weighted by Crippen LogP contribution is 2.88. The van der Waals surface area contributed by atoms with E-state index in [1.807, 2.05) is 36.4 Å². The number of nitrogens with one attached hydrogen (secondary N) is 1. The topological polar surface area (TPSA) is 88.3 Å². The summed E-state index contributed by atoms with van der Waals surface area (Å²) in [5.41, 5.74) is 2.16. The predicted molar refractivity (Wildman–Crippen MR) is 108 cm³/mol. The van der Waals surface area contributed by atoms with Crippen molar-refractivity contribution in [3.8, 4) is 0 Å². The van der Waals surface area contributed by atoms with Gasteiger partial charge in [-0.2, -0.15) is 0 Å². The molecule has 3 heterocycles. The minimum Gasteiger partial charge on any atom is -0.360 e. The van der Waals surface area contributed by atoms with Crippen LogP contribution in [0.2, 0.25) is 0 Å². The summed E-state index contributed by atoms with van der Waals surface area (Å²) in [5, 5.41) is 6.89. The van der Waals surface area contributed by atoms with Crippen molar-refractivity contribution in [1.82, 2.24) is 15.5 Å². The Kier molecular flexibility index (Phi) is 3.35. The standard InChI is InChI=1S/C23H20N4O3/c1-27-19-16(8-5-9-24-19)22-12-23(22,13-22)18(21(27)29)25-20(28)17-11-15(30-26-17)10-14-6-3-2-4-7-14/h2-9,11,18H,10,12-13H2,1H3,(H,25,28)/t18-,22?,23?/m1/s1. The van der Waals surface area contributed by atoms with Crippen molar-refractivity contribution in [2.45, 2.75) is 30.7 Å². The SMILES string of the molecule is CN1C(=O)[C@@H](NC(=O)c2cc(Cc3ccccc3)on2)C23CC2(C3)c2cccnc21. The van der Waals surface area contributed by atoms with Gasteiger partial charge in [-0.1, -0.05) is 41.6 Å². The smallest absolute Gasteiger partial charge is 0.274 e. The van der Waals surface area contributed by atoms with Gasteiger partial charge in [-0.15, -0.1) is 0 Å². The Labute approximate surface area is 173 Å². The number of hydrogen-bond donors (Lipinski definition) is 1. The first kappa shape index (κ1) is 17.4. The maximum absolute atomic E-state index is 13.2. The monoisotopic (exact) mass is 400 g/mol. The van der Waals surface area contributed by atoms with E-state index < -0.39 is 6.04 Å². The summed E-state index contributed by atoms with van der Waals surface area (Å²) in [7, 11) is 1.72. The molecular weight excluding hydrogens is 380 g/mol. The number of amides is 2. The van der Waals surface area contributed by atoms with Crippen LogP contribution >= 0.6 is 0 Å². The van der Waals surface area contributed by atoms with E-state index in [2.05, 4.69) is 21.5 Å². The molecule has 1 N–H and O–H groups in total. The lowest BCUT2D eigenvalue weighted by Gasteiger charge is -2.26. The van der Waals surface area contributed by atoms with E-state index in [4.69, 9.17) is 4.52 Å². The van der Waals surface area contributed by atoms with Crippen LogP contribution in [0.15, 0.2) is 59.3 Å². The average Bonchev–Trinajstić information content (AvgIpc) is 3.53. The zero-order valence-electron chi connectivity index (χ0n) is 16.5. The number of hydrogen-bond acceptors (Lipinski definition) is 5. The van der Waals surface area contributed by atoms with Crippen LogP contribution in [0.3, 0.4) is 0 Å². The van der Waals surface area contributed by atoms with Gasteiger partial charge in [0.2, 0.25) is 0 Å². The van der Waals surface area contributed by atoms with Crippen molar-refractivity contribution >= 4 is 17.6 Å². The quantitative estimate of drug-likeness (QED) is 0.727. The van der Waals surface area contributed by atoms with E-state index in [1.165, 1.54) is 0 Å². The Morgan fingerprint density at radius 2 is 2.03 bits per heavy atom. The molecule has 3 aliphatic rings. The molecule has 0 spiro atoms. The summed E-state index contributed by atoms with van der Waals surface area (Å²) < 4.78 is 5.36. The molecule has 0 bridgehead atoms. The lowest BCUT2D eigenvalue weighted by molar-refractivity contribution is -0.121. The summed E-state index contributed by atoms with van der Waals surface area (Å²) >= 11 is 0. The summed E-state index contributed by atoms with van der Waals surface area (Å²) in [6.07, 6.45) is 4.07. The molecule has 3 aromatic rings. The summed E-state index contributed by atoms with van der Waals surface area (Å²) in [6.45, 7) is 0. The van der Waals surface area contributed by atoms with Crippen LogP contribution < -0.4 is 10.2 Å². The van der Waals surface area contributed by atoms with Crippen LogP contribution in [0.5, 0.6) is 0 Å². The molecule has 7 nitrogen and oxygen atoms in total. The summed E-state index contributed by atoms with van der Waals surface area (Å²) in [5.74, 6) is 0.793.